The Morgan fingerprint density at radius 3 is 2.94 bits per heavy atom. The Labute approximate surface area is 96.1 Å². The van der Waals surface area contributed by atoms with E-state index >= 15 is 0 Å². The smallest absolute Gasteiger partial charge is 0.305 e. The van der Waals surface area contributed by atoms with Crippen molar-refractivity contribution in [2.45, 2.75) is 6.42 Å². The molecule has 1 rings (SSSR count). The summed E-state index contributed by atoms with van der Waals surface area (Å²) in [4.78, 5) is 24.9. The number of aromatic nitrogens is 1. The Morgan fingerprint density at radius 2 is 2.38 bits per heavy atom. The van der Waals surface area contributed by atoms with Crippen molar-refractivity contribution in [2.75, 3.05) is 5.32 Å². The lowest BCUT2D eigenvalue weighted by Crippen LogP contribution is -2.12. The first-order valence-electron chi connectivity index (χ1n) is 4.26. The van der Waals surface area contributed by atoms with Crippen molar-refractivity contribution in [1.82, 2.24) is 4.98 Å². The number of amides is 1. The van der Waals surface area contributed by atoms with Crippen molar-refractivity contribution in [3.05, 3.63) is 40.1 Å². The molecule has 1 amide bonds. The molecule has 0 aliphatic rings. The Morgan fingerprint density at radius 1 is 1.69 bits per heavy atom. The van der Waals surface area contributed by atoms with Crippen LogP contribution in [0, 0.1) is 10.1 Å². The highest BCUT2D eigenvalue weighted by Crippen LogP contribution is 2.23. The lowest BCUT2D eigenvalue weighted by atomic mass is 10.3. The summed E-state index contributed by atoms with van der Waals surface area (Å²) in [6.45, 7) is 3.38. The first-order chi connectivity index (χ1) is 7.54. The summed E-state index contributed by atoms with van der Waals surface area (Å²) < 4.78 is 0. The van der Waals surface area contributed by atoms with E-state index in [-0.39, 0.29) is 23.1 Å². The van der Waals surface area contributed by atoms with Gasteiger partial charge in [-0.25, -0.2) is 4.98 Å². The number of halogens is 1. The molecule has 7 heteroatoms. The van der Waals surface area contributed by atoms with E-state index in [1.807, 2.05) is 0 Å². The molecule has 0 saturated carbocycles. The highest BCUT2D eigenvalue weighted by atomic mass is 35.5. The van der Waals surface area contributed by atoms with E-state index in [0.29, 0.717) is 0 Å². The van der Waals surface area contributed by atoms with Gasteiger partial charge in [-0.1, -0.05) is 17.7 Å². The van der Waals surface area contributed by atoms with Crippen LogP contribution in [0.5, 0.6) is 0 Å². The summed E-state index contributed by atoms with van der Waals surface area (Å²) in [7, 11) is 0. The van der Waals surface area contributed by atoms with Gasteiger partial charge in [0.15, 0.2) is 0 Å². The van der Waals surface area contributed by atoms with E-state index in [0.717, 1.165) is 0 Å². The summed E-state index contributed by atoms with van der Waals surface area (Å²) >= 11 is 5.58. The second-order valence-corrected chi connectivity index (χ2v) is 3.19. The fraction of sp³-hybridized carbons (Fsp3) is 0.111. The fourth-order valence-electron chi connectivity index (χ4n) is 0.981. The predicted molar refractivity (Wildman–Crippen MR) is 59.3 cm³/mol. The third kappa shape index (κ3) is 3.03. The van der Waals surface area contributed by atoms with Crippen molar-refractivity contribution in [2.24, 2.45) is 0 Å². The molecule has 0 spiro atoms. The van der Waals surface area contributed by atoms with Crippen LogP contribution in [0.15, 0.2) is 24.8 Å². The zero-order valence-electron chi connectivity index (χ0n) is 8.14. The average Bonchev–Trinajstić information content (AvgIpc) is 2.17. The summed E-state index contributed by atoms with van der Waals surface area (Å²) in [6, 6.07) is 2.46. The molecule has 1 N–H and O–H groups in total. The lowest BCUT2D eigenvalue weighted by Gasteiger charge is -2.03. The zero-order valence-corrected chi connectivity index (χ0v) is 8.90. The molecule has 0 aliphatic carbocycles. The Balaban J connectivity index is 3.00. The first kappa shape index (κ1) is 12.1. The van der Waals surface area contributed by atoms with Crippen LogP contribution < -0.4 is 5.32 Å². The molecule has 16 heavy (non-hydrogen) atoms. The molecule has 6 nitrogen and oxygen atoms in total. The van der Waals surface area contributed by atoms with Gasteiger partial charge in [0.2, 0.25) is 11.7 Å². The van der Waals surface area contributed by atoms with E-state index in [1.165, 1.54) is 18.2 Å². The number of nitrogens with zero attached hydrogens (tertiary/aromatic N) is 2. The van der Waals surface area contributed by atoms with Crippen molar-refractivity contribution in [3.63, 3.8) is 0 Å². The molecule has 84 valence electrons. The van der Waals surface area contributed by atoms with Crippen molar-refractivity contribution < 1.29 is 9.72 Å². The van der Waals surface area contributed by atoms with Gasteiger partial charge in [-0.2, -0.15) is 0 Å². The SMILES string of the molecule is C=CCC(=O)Nc1nc(Cl)ccc1[N+](=O)[O-]. The zero-order chi connectivity index (χ0) is 12.1. The number of carbonyl (C=O) groups excluding carboxylic acids is 1. The molecule has 1 heterocycles. The number of rotatable bonds is 4. The number of nitrogens with one attached hydrogen (secondary N) is 1. The van der Waals surface area contributed by atoms with E-state index < -0.39 is 10.8 Å². The van der Waals surface area contributed by atoms with Crippen LogP contribution in [0.2, 0.25) is 5.15 Å². The highest BCUT2D eigenvalue weighted by Gasteiger charge is 2.17. The maximum atomic E-state index is 11.2. The van der Waals surface area contributed by atoms with Gasteiger partial charge in [0.25, 0.3) is 0 Å². The van der Waals surface area contributed by atoms with Crippen LogP contribution in [0.3, 0.4) is 0 Å². The Bertz CT molecular complexity index is 448. The minimum atomic E-state index is -0.646. The number of nitro groups is 1. The summed E-state index contributed by atoms with van der Waals surface area (Å²) in [5.41, 5.74) is -0.304. The predicted octanol–water partition coefficient (Wildman–Crippen LogP) is 2.16. The first-order valence-corrected chi connectivity index (χ1v) is 4.64. The van der Waals surface area contributed by atoms with Crippen LogP contribution in [-0.2, 0) is 4.79 Å². The van der Waals surface area contributed by atoms with Crippen molar-refractivity contribution >= 4 is 29.0 Å². The van der Waals surface area contributed by atoms with Gasteiger partial charge in [-0.15, -0.1) is 6.58 Å². The van der Waals surface area contributed by atoms with Crippen LogP contribution >= 0.6 is 11.6 Å². The monoisotopic (exact) mass is 241 g/mol. The van der Waals surface area contributed by atoms with Gasteiger partial charge in [-0.3, -0.25) is 14.9 Å². The Kier molecular flexibility index (Phi) is 3.96. The number of pyridine rings is 1. The average molecular weight is 242 g/mol. The van der Waals surface area contributed by atoms with E-state index in [9.17, 15) is 14.9 Å². The van der Waals surface area contributed by atoms with E-state index in [1.54, 1.807) is 0 Å². The molecule has 0 aromatic carbocycles. The largest absolute Gasteiger partial charge is 0.311 e. The molecular formula is C9H8ClN3O3. The lowest BCUT2D eigenvalue weighted by molar-refractivity contribution is -0.384. The van der Waals surface area contributed by atoms with Gasteiger partial charge in [0.1, 0.15) is 5.15 Å². The quantitative estimate of drug-likeness (QED) is 0.379. The molecule has 0 atom stereocenters. The molecular weight excluding hydrogens is 234 g/mol. The summed E-state index contributed by atoms with van der Waals surface area (Å²) in [6.07, 6.45) is 1.43. The van der Waals surface area contributed by atoms with Crippen LogP contribution in [0.4, 0.5) is 11.5 Å². The highest BCUT2D eigenvalue weighted by molar-refractivity contribution is 6.29. The minimum absolute atomic E-state index is 0.0470. The molecule has 0 bridgehead atoms. The van der Waals surface area contributed by atoms with E-state index in [4.69, 9.17) is 11.6 Å². The fourth-order valence-corrected chi connectivity index (χ4v) is 1.13. The second-order valence-electron chi connectivity index (χ2n) is 2.80. The number of hydrogen-bond acceptors (Lipinski definition) is 4. The maximum Gasteiger partial charge on any atom is 0.311 e. The summed E-state index contributed by atoms with van der Waals surface area (Å²) in [5.74, 6) is -0.600. The van der Waals surface area contributed by atoms with Gasteiger partial charge < -0.3 is 5.32 Å². The third-order valence-electron chi connectivity index (χ3n) is 1.62. The van der Waals surface area contributed by atoms with Crippen LogP contribution in [0.25, 0.3) is 0 Å². The Hall–Kier alpha value is -1.95. The molecule has 0 fully saturated rings. The molecule has 0 aliphatic heterocycles. The maximum absolute atomic E-state index is 11.2. The molecule has 1 aromatic rings. The van der Waals surface area contributed by atoms with E-state index in [2.05, 4.69) is 16.9 Å². The van der Waals surface area contributed by atoms with Gasteiger partial charge in [0, 0.05) is 12.5 Å². The van der Waals surface area contributed by atoms with Crippen molar-refractivity contribution in [1.29, 1.82) is 0 Å². The minimum Gasteiger partial charge on any atom is -0.305 e. The van der Waals surface area contributed by atoms with Crippen LogP contribution in [0.1, 0.15) is 6.42 Å². The molecule has 0 radical (unpaired) electrons. The van der Waals surface area contributed by atoms with Gasteiger partial charge in [0.05, 0.1) is 4.92 Å². The third-order valence-corrected chi connectivity index (χ3v) is 1.83. The summed E-state index contributed by atoms with van der Waals surface area (Å²) in [5, 5.41) is 13.0. The molecule has 0 unspecified atom stereocenters. The van der Waals surface area contributed by atoms with Crippen molar-refractivity contribution in [3.8, 4) is 0 Å². The van der Waals surface area contributed by atoms with Gasteiger partial charge >= 0.3 is 5.69 Å². The topological polar surface area (TPSA) is 85.1 Å². The number of carbonyl (C=O) groups is 1. The molecule has 1 aromatic heterocycles. The van der Waals surface area contributed by atoms with Gasteiger partial charge in [-0.05, 0) is 6.07 Å². The second kappa shape index (κ2) is 5.22. The standard InChI is InChI=1S/C9H8ClN3O3/c1-2-3-8(14)12-9-6(13(15)16)4-5-7(10)11-9/h2,4-5H,1,3H2,(H,11,12,14). The normalized spacial score (nSPS) is 9.56. The van der Waals surface area contributed by atoms with Crippen LogP contribution in [-0.4, -0.2) is 15.8 Å². The molecule has 0 saturated heterocycles. The number of anilines is 1. The number of hydrogen-bond donors (Lipinski definition) is 1.